The molecule has 2 aromatic carbocycles. The minimum Gasteiger partial charge on any atom is -0.344 e. The van der Waals surface area contributed by atoms with Crippen molar-refractivity contribution in [2.75, 3.05) is 0 Å². The number of halogens is 4. The van der Waals surface area contributed by atoms with E-state index in [0.29, 0.717) is 5.56 Å². The molecule has 1 N–H and O–H groups in total. The Labute approximate surface area is 144 Å². The van der Waals surface area contributed by atoms with Crippen LogP contribution in [0.25, 0.3) is 11.4 Å². The molecule has 5 nitrogen and oxygen atoms in total. The largest absolute Gasteiger partial charge is 0.416 e. The lowest BCUT2D eigenvalue weighted by molar-refractivity contribution is -0.137. The zero-order valence-electron chi connectivity index (χ0n) is 13.0. The summed E-state index contributed by atoms with van der Waals surface area (Å²) in [6.07, 6.45) is -4.44. The van der Waals surface area contributed by atoms with Crippen LogP contribution in [-0.2, 0) is 12.7 Å². The molecule has 1 amide bonds. The van der Waals surface area contributed by atoms with Gasteiger partial charge in [-0.2, -0.15) is 18.2 Å². The summed E-state index contributed by atoms with van der Waals surface area (Å²) >= 11 is 0. The number of carbonyl (C=O) groups is 1. The van der Waals surface area contributed by atoms with Gasteiger partial charge in [-0.15, -0.1) is 0 Å². The van der Waals surface area contributed by atoms with E-state index in [4.69, 9.17) is 4.52 Å². The monoisotopic (exact) mass is 365 g/mol. The molecule has 9 heteroatoms. The van der Waals surface area contributed by atoms with Crippen molar-refractivity contribution < 1.29 is 26.9 Å². The molecule has 3 aromatic rings. The smallest absolute Gasteiger partial charge is 0.344 e. The van der Waals surface area contributed by atoms with E-state index >= 15 is 0 Å². The van der Waals surface area contributed by atoms with Gasteiger partial charge in [0.25, 0.3) is 0 Å². The summed E-state index contributed by atoms with van der Waals surface area (Å²) in [6, 6.07) is 9.70. The summed E-state index contributed by atoms with van der Waals surface area (Å²) < 4.78 is 55.3. The Morgan fingerprint density at radius 2 is 1.69 bits per heavy atom. The zero-order valence-corrected chi connectivity index (χ0v) is 13.0. The Morgan fingerprint density at radius 3 is 2.31 bits per heavy atom. The lowest BCUT2D eigenvalue weighted by Gasteiger charge is -2.05. The van der Waals surface area contributed by atoms with Crippen LogP contribution in [0.3, 0.4) is 0 Å². The molecule has 0 fully saturated rings. The first-order valence-corrected chi connectivity index (χ1v) is 7.37. The van der Waals surface area contributed by atoms with Gasteiger partial charge in [-0.1, -0.05) is 29.4 Å². The van der Waals surface area contributed by atoms with Gasteiger partial charge in [0, 0.05) is 12.1 Å². The van der Waals surface area contributed by atoms with E-state index in [-0.39, 0.29) is 23.8 Å². The Balaban J connectivity index is 1.67. The summed E-state index contributed by atoms with van der Waals surface area (Å²) in [5.41, 5.74) is 0.142. The minimum absolute atomic E-state index is 0.00865. The highest BCUT2D eigenvalue weighted by molar-refractivity contribution is 5.89. The van der Waals surface area contributed by atoms with Crippen LogP contribution in [0, 0.1) is 5.82 Å². The highest BCUT2D eigenvalue weighted by Crippen LogP contribution is 2.30. The second-order valence-corrected chi connectivity index (χ2v) is 5.31. The average molecular weight is 365 g/mol. The molecule has 0 atom stereocenters. The standard InChI is InChI=1S/C17H11F4N3O2/c18-13-7-1-10(2-8-13)9-22-15(25)16-23-14(24-26-16)11-3-5-12(6-4-11)17(19,20)21/h1-8H,9H2,(H,22,25). The van der Waals surface area contributed by atoms with Crippen LogP contribution in [0.4, 0.5) is 17.6 Å². The number of alkyl halides is 3. The number of carbonyl (C=O) groups excluding carboxylic acids is 1. The zero-order chi connectivity index (χ0) is 18.7. The molecule has 0 aliphatic rings. The highest BCUT2D eigenvalue weighted by atomic mass is 19.4. The van der Waals surface area contributed by atoms with Crippen molar-refractivity contribution in [1.29, 1.82) is 0 Å². The predicted molar refractivity (Wildman–Crippen MR) is 82.3 cm³/mol. The van der Waals surface area contributed by atoms with E-state index in [0.717, 1.165) is 12.1 Å². The number of benzene rings is 2. The summed E-state index contributed by atoms with van der Waals surface area (Å²) in [5.74, 6) is -1.38. The molecular formula is C17H11F4N3O2. The van der Waals surface area contributed by atoms with Crippen LogP contribution < -0.4 is 5.32 Å². The van der Waals surface area contributed by atoms with E-state index in [9.17, 15) is 22.4 Å². The normalized spacial score (nSPS) is 11.4. The lowest BCUT2D eigenvalue weighted by Crippen LogP contribution is -2.23. The maximum atomic E-state index is 12.8. The van der Waals surface area contributed by atoms with Gasteiger partial charge in [0.2, 0.25) is 5.82 Å². The van der Waals surface area contributed by atoms with E-state index in [2.05, 4.69) is 15.5 Å². The Hall–Kier alpha value is -3.23. The van der Waals surface area contributed by atoms with Gasteiger partial charge >= 0.3 is 18.0 Å². The van der Waals surface area contributed by atoms with Gasteiger partial charge < -0.3 is 9.84 Å². The number of amides is 1. The second kappa shape index (κ2) is 6.95. The maximum Gasteiger partial charge on any atom is 0.416 e. The van der Waals surface area contributed by atoms with Crippen molar-refractivity contribution in [3.8, 4) is 11.4 Å². The third-order valence-electron chi connectivity index (χ3n) is 3.46. The van der Waals surface area contributed by atoms with Gasteiger partial charge in [-0.3, -0.25) is 4.79 Å². The van der Waals surface area contributed by atoms with E-state index in [1.807, 2.05) is 0 Å². The summed E-state index contributed by atoms with van der Waals surface area (Å²) in [4.78, 5) is 15.9. The van der Waals surface area contributed by atoms with Crippen molar-refractivity contribution in [3.63, 3.8) is 0 Å². The molecule has 0 saturated carbocycles. The number of hydrogen-bond acceptors (Lipinski definition) is 4. The maximum absolute atomic E-state index is 12.8. The molecular weight excluding hydrogens is 354 g/mol. The molecule has 0 radical (unpaired) electrons. The Morgan fingerprint density at radius 1 is 1.04 bits per heavy atom. The van der Waals surface area contributed by atoms with Gasteiger partial charge in [0.05, 0.1) is 5.56 Å². The van der Waals surface area contributed by atoms with Crippen LogP contribution in [0.15, 0.2) is 53.1 Å². The minimum atomic E-state index is -4.44. The molecule has 26 heavy (non-hydrogen) atoms. The molecule has 1 aromatic heterocycles. The number of aromatic nitrogens is 2. The first kappa shape index (κ1) is 17.6. The number of hydrogen-bond donors (Lipinski definition) is 1. The number of nitrogens with zero attached hydrogens (tertiary/aromatic N) is 2. The molecule has 3 rings (SSSR count). The van der Waals surface area contributed by atoms with Crippen molar-refractivity contribution in [2.24, 2.45) is 0 Å². The topological polar surface area (TPSA) is 68.0 Å². The first-order valence-electron chi connectivity index (χ1n) is 7.37. The molecule has 1 heterocycles. The molecule has 0 saturated heterocycles. The summed E-state index contributed by atoms with van der Waals surface area (Å²) in [5, 5.41) is 6.11. The fraction of sp³-hybridized carbons (Fsp3) is 0.118. The van der Waals surface area contributed by atoms with Crippen molar-refractivity contribution in [2.45, 2.75) is 12.7 Å². The molecule has 134 valence electrons. The molecule has 0 aliphatic carbocycles. The van der Waals surface area contributed by atoms with Gasteiger partial charge in [-0.25, -0.2) is 4.39 Å². The van der Waals surface area contributed by atoms with Crippen molar-refractivity contribution in [1.82, 2.24) is 15.5 Å². The van der Waals surface area contributed by atoms with Crippen LogP contribution in [-0.4, -0.2) is 16.0 Å². The van der Waals surface area contributed by atoms with Crippen molar-refractivity contribution >= 4 is 5.91 Å². The average Bonchev–Trinajstić information content (AvgIpc) is 3.10. The molecule has 0 unspecified atom stereocenters. The summed E-state index contributed by atoms with van der Waals surface area (Å²) in [7, 11) is 0. The third-order valence-corrected chi connectivity index (χ3v) is 3.46. The van der Waals surface area contributed by atoms with Crippen LogP contribution in [0.2, 0.25) is 0 Å². The summed E-state index contributed by atoms with van der Waals surface area (Å²) in [6.45, 7) is 0.122. The lowest BCUT2D eigenvalue weighted by atomic mass is 10.1. The molecule has 0 aliphatic heterocycles. The Bertz CT molecular complexity index is 903. The van der Waals surface area contributed by atoms with Crippen molar-refractivity contribution in [3.05, 3.63) is 71.4 Å². The quantitative estimate of drug-likeness (QED) is 0.714. The van der Waals surface area contributed by atoms with Crippen LogP contribution in [0.5, 0.6) is 0 Å². The van der Waals surface area contributed by atoms with E-state index in [1.54, 1.807) is 0 Å². The Kier molecular flexibility index (Phi) is 4.70. The molecule has 0 bridgehead atoms. The van der Waals surface area contributed by atoms with E-state index in [1.165, 1.54) is 36.4 Å². The molecule has 0 spiro atoms. The third kappa shape index (κ3) is 4.05. The highest BCUT2D eigenvalue weighted by Gasteiger charge is 2.30. The van der Waals surface area contributed by atoms with Crippen LogP contribution >= 0.6 is 0 Å². The fourth-order valence-electron chi connectivity index (χ4n) is 2.10. The number of nitrogens with one attached hydrogen (secondary N) is 1. The first-order chi connectivity index (χ1) is 12.3. The van der Waals surface area contributed by atoms with E-state index < -0.39 is 23.5 Å². The predicted octanol–water partition coefficient (Wildman–Crippen LogP) is 3.82. The number of rotatable bonds is 4. The van der Waals surface area contributed by atoms with Gasteiger partial charge in [0.15, 0.2) is 0 Å². The van der Waals surface area contributed by atoms with Gasteiger partial charge in [0.1, 0.15) is 5.82 Å². The SMILES string of the molecule is O=C(NCc1ccc(F)cc1)c1nc(-c2ccc(C(F)(F)F)cc2)no1. The second-order valence-electron chi connectivity index (χ2n) is 5.31. The van der Waals surface area contributed by atoms with Gasteiger partial charge in [-0.05, 0) is 29.8 Å². The fourth-order valence-corrected chi connectivity index (χ4v) is 2.10. The van der Waals surface area contributed by atoms with Crippen LogP contribution in [0.1, 0.15) is 21.8 Å².